The summed E-state index contributed by atoms with van der Waals surface area (Å²) < 4.78 is 2.06. The summed E-state index contributed by atoms with van der Waals surface area (Å²) >= 11 is 0. The fourth-order valence-corrected chi connectivity index (χ4v) is 3.14. The van der Waals surface area contributed by atoms with Crippen molar-refractivity contribution in [3.05, 3.63) is 18.0 Å². The van der Waals surface area contributed by atoms with Crippen molar-refractivity contribution in [2.45, 2.75) is 58.4 Å². The Kier molecular flexibility index (Phi) is 5.24. The van der Waals surface area contributed by atoms with Crippen LogP contribution >= 0.6 is 0 Å². The fourth-order valence-electron chi connectivity index (χ4n) is 3.14. The van der Waals surface area contributed by atoms with Crippen LogP contribution in [0.4, 0.5) is 0 Å². The highest BCUT2D eigenvalue weighted by molar-refractivity contribution is 5.13. The molecule has 102 valence electrons. The second-order valence-corrected chi connectivity index (χ2v) is 5.44. The predicted octanol–water partition coefficient (Wildman–Crippen LogP) is 3.18. The lowest BCUT2D eigenvalue weighted by atomic mass is 9.84. The van der Waals surface area contributed by atoms with Crippen LogP contribution < -0.4 is 5.32 Å². The fraction of sp³-hybridized carbons (Fsp3) is 0.800. The van der Waals surface area contributed by atoms with Crippen molar-refractivity contribution in [2.24, 2.45) is 5.92 Å². The summed E-state index contributed by atoms with van der Waals surface area (Å²) in [5.74, 6) is 1.51. The highest BCUT2D eigenvalue weighted by Gasteiger charge is 2.25. The highest BCUT2D eigenvalue weighted by atomic mass is 15.3. The summed E-state index contributed by atoms with van der Waals surface area (Å²) in [6.45, 7) is 7.57. The second-order valence-electron chi connectivity index (χ2n) is 5.44. The van der Waals surface area contributed by atoms with Gasteiger partial charge in [-0.3, -0.25) is 4.68 Å². The van der Waals surface area contributed by atoms with E-state index in [4.69, 9.17) is 0 Å². The first kappa shape index (κ1) is 13.6. The van der Waals surface area contributed by atoms with Gasteiger partial charge in [0.15, 0.2) is 0 Å². The first-order valence-corrected chi connectivity index (χ1v) is 7.58. The summed E-state index contributed by atoms with van der Waals surface area (Å²) in [5, 5.41) is 7.99. The third-order valence-electron chi connectivity index (χ3n) is 4.22. The number of aryl methyl sites for hydroxylation is 1. The molecule has 3 nitrogen and oxygen atoms in total. The lowest BCUT2D eigenvalue weighted by Crippen LogP contribution is -2.26. The minimum atomic E-state index is 0.715. The number of hydrogen-bond acceptors (Lipinski definition) is 2. The standard InChI is InChI=1S/C15H27N3/c1-3-16-10-13-8-6-5-7-9-15(13)14-11-17-18(4-2)12-14/h11-13,15-16H,3-10H2,1-2H3. The van der Waals surface area contributed by atoms with Crippen LogP contribution in [0.1, 0.15) is 57.4 Å². The van der Waals surface area contributed by atoms with Gasteiger partial charge in [-0.2, -0.15) is 5.10 Å². The lowest BCUT2D eigenvalue weighted by Gasteiger charge is -2.24. The number of aromatic nitrogens is 2. The molecule has 0 amide bonds. The minimum Gasteiger partial charge on any atom is -0.317 e. The van der Waals surface area contributed by atoms with E-state index in [9.17, 15) is 0 Å². The zero-order valence-electron chi connectivity index (χ0n) is 11.9. The summed E-state index contributed by atoms with van der Waals surface area (Å²) in [6.07, 6.45) is 11.2. The maximum atomic E-state index is 4.45. The van der Waals surface area contributed by atoms with Crippen LogP contribution in [0.3, 0.4) is 0 Å². The molecule has 0 bridgehead atoms. The van der Waals surface area contributed by atoms with Crippen LogP contribution in [0, 0.1) is 5.92 Å². The first-order valence-electron chi connectivity index (χ1n) is 7.58. The van der Waals surface area contributed by atoms with Crippen LogP contribution in [0.15, 0.2) is 12.4 Å². The van der Waals surface area contributed by atoms with Gasteiger partial charge in [0.2, 0.25) is 0 Å². The first-order chi connectivity index (χ1) is 8.85. The number of rotatable bonds is 5. The zero-order valence-corrected chi connectivity index (χ0v) is 11.9. The molecule has 2 atom stereocenters. The predicted molar refractivity (Wildman–Crippen MR) is 75.8 cm³/mol. The molecule has 3 heteroatoms. The molecule has 0 radical (unpaired) electrons. The zero-order chi connectivity index (χ0) is 12.8. The van der Waals surface area contributed by atoms with Gasteiger partial charge >= 0.3 is 0 Å². The summed E-state index contributed by atoms with van der Waals surface area (Å²) in [7, 11) is 0. The quantitative estimate of drug-likeness (QED) is 0.812. The largest absolute Gasteiger partial charge is 0.317 e. The SMILES string of the molecule is CCNCC1CCCCCC1c1cnn(CC)c1. The molecule has 1 aliphatic rings. The van der Waals surface area contributed by atoms with E-state index in [0.29, 0.717) is 5.92 Å². The molecule has 0 aromatic carbocycles. The Labute approximate surface area is 111 Å². The van der Waals surface area contributed by atoms with Crippen LogP contribution in [0.25, 0.3) is 0 Å². The molecule has 18 heavy (non-hydrogen) atoms. The van der Waals surface area contributed by atoms with E-state index in [-0.39, 0.29) is 0 Å². The average Bonchev–Trinajstić information content (AvgIpc) is 2.75. The van der Waals surface area contributed by atoms with Crippen molar-refractivity contribution in [3.63, 3.8) is 0 Å². The van der Waals surface area contributed by atoms with Crippen molar-refractivity contribution in [2.75, 3.05) is 13.1 Å². The van der Waals surface area contributed by atoms with E-state index in [2.05, 4.69) is 41.3 Å². The van der Waals surface area contributed by atoms with Crippen molar-refractivity contribution >= 4 is 0 Å². The van der Waals surface area contributed by atoms with Gasteiger partial charge in [-0.15, -0.1) is 0 Å². The van der Waals surface area contributed by atoms with Crippen LogP contribution in [0.2, 0.25) is 0 Å². The van der Waals surface area contributed by atoms with Crippen LogP contribution in [-0.2, 0) is 6.54 Å². The Morgan fingerprint density at radius 2 is 2.11 bits per heavy atom. The highest BCUT2D eigenvalue weighted by Crippen LogP contribution is 2.36. The van der Waals surface area contributed by atoms with Gasteiger partial charge in [0.05, 0.1) is 6.20 Å². The number of hydrogen-bond donors (Lipinski definition) is 1. The third kappa shape index (κ3) is 3.35. The molecule has 1 N–H and O–H groups in total. The van der Waals surface area contributed by atoms with Crippen molar-refractivity contribution in [1.29, 1.82) is 0 Å². The molecule has 0 spiro atoms. The van der Waals surface area contributed by atoms with E-state index in [1.165, 1.54) is 44.2 Å². The monoisotopic (exact) mass is 249 g/mol. The van der Waals surface area contributed by atoms with Crippen molar-refractivity contribution in [1.82, 2.24) is 15.1 Å². The van der Waals surface area contributed by atoms with Gasteiger partial charge in [-0.1, -0.05) is 26.2 Å². The van der Waals surface area contributed by atoms with E-state index in [0.717, 1.165) is 19.0 Å². The molecule has 2 rings (SSSR count). The van der Waals surface area contributed by atoms with Gasteiger partial charge in [-0.25, -0.2) is 0 Å². The summed E-state index contributed by atoms with van der Waals surface area (Å²) in [6, 6.07) is 0. The molecule has 1 aromatic rings. The van der Waals surface area contributed by atoms with Gasteiger partial charge in [0, 0.05) is 12.7 Å². The molecule has 1 fully saturated rings. The molecule has 2 unspecified atom stereocenters. The van der Waals surface area contributed by atoms with Gasteiger partial charge in [0.1, 0.15) is 0 Å². The average molecular weight is 249 g/mol. The molecular weight excluding hydrogens is 222 g/mol. The molecule has 0 saturated heterocycles. The Balaban J connectivity index is 2.08. The topological polar surface area (TPSA) is 29.9 Å². The normalized spacial score (nSPS) is 25.0. The molecule has 1 saturated carbocycles. The van der Waals surface area contributed by atoms with Gasteiger partial charge < -0.3 is 5.32 Å². The van der Waals surface area contributed by atoms with E-state index < -0.39 is 0 Å². The van der Waals surface area contributed by atoms with E-state index >= 15 is 0 Å². The smallest absolute Gasteiger partial charge is 0.0524 e. The van der Waals surface area contributed by atoms with Crippen molar-refractivity contribution in [3.8, 4) is 0 Å². The van der Waals surface area contributed by atoms with E-state index in [1.54, 1.807) is 0 Å². The molecule has 1 heterocycles. The van der Waals surface area contributed by atoms with Gasteiger partial charge in [0.25, 0.3) is 0 Å². The summed E-state index contributed by atoms with van der Waals surface area (Å²) in [4.78, 5) is 0. The molecular formula is C15H27N3. The van der Waals surface area contributed by atoms with E-state index in [1.807, 2.05) is 0 Å². The van der Waals surface area contributed by atoms with Gasteiger partial charge in [-0.05, 0) is 50.3 Å². The number of nitrogens with zero attached hydrogens (tertiary/aromatic N) is 2. The molecule has 0 aliphatic heterocycles. The maximum absolute atomic E-state index is 4.45. The Morgan fingerprint density at radius 1 is 1.28 bits per heavy atom. The molecule has 1 aromatic heterocycles. The van der Waals surface area contributed by atoms with Crippen LogP contribution in [0.5, 0.6) is 0 Å². The Hall–Kier alpha value is -0.830. The maximum Gasteiger partial charge on any atom is 0.0524 e. The van der Waals surface area contributed by atoms with Crippen LogP contribution in [-0.4, -0.2) is 22.9 Å². The van der Waals surface area contributed by atoms with Crippen molar-refractivity contribution < 1.29 is 0 Å². The Morgan fingerprint density at radius 3 is 2.83 bits per heavy atom. The Bertz CT molecular complexity index is 345. The number of nitrogens with one attached hydrogen (secondary N) is 1. The summed E-state index contributed by atoms with van der Waals surface area (Å²) in [5.41, 5.74) is 1.46. The minimum absolute atomic E-state index is 0.715. The third-order valence-corrected chi connectivity index (χ3v) is 4.22. The molecule has 1 aliphatic carbocycles. The lowest BCUT2D eigenvalue weighted by molar-refractivity contribution is 0.378. The second kappa shape index (κ2) is 6.93.